The van der Waals surface area contributed by atoms with Crippen molar-refractivity contribution in [3.63, 3.8) is 0 Å². The van der Waals surface area contributed by atoms with Crippen LogP contribution in [0.5, 0.6) is 0 Å². The number of aliphatic carboxylic acids is 1. The van der Waals surface area contributed by atoms with E-state index < -0.39 is 11.9 Å². The molecule has 2 aromatic rings. The summed E-state index contributed by atoms with van der Waals surface area (Å²) in [6.45, 7) is 1.53. The Morgan fingerprint density at radius 1 is 1.22 bits per heavy atom. The molecule has 1 aliphatic heterocycles. The van der Waals surface area contributed by atoms with Crippen molar-refractivity contribution in [1.82, 2.24) is 10.1 Å². The van der Waals surface area contributed by atoms with Gasteiger partial charge < -0.3 is 9.63 Å². The molecular weight excluding hydrogens is 347 g/mol. The first-order valence-corrected chi connectivity index (χ1v) is 9.76. The third kappa shape index (κ3) is 4.05. The third-order valence-electron chi connectivity index (χ3n) is 5.97. The number of benzene rings is 1. The Bertz CT molecular complexity index is 800. The summed E-state index contributed by atoms with van der Waals surface area (Å²) in [5.41, 5.74) is 1.77. The second kappa shape index (κ2) is 7.80. The molecule has 5 nitrogen and oxygen atoms in total. The van der Waals surface area contributed by atoms with Crippen LogP contribution < -0.4 is 0 Å². The number of likely N-dealkylation sites (tertiary alicyclic amines) is 1. The van der Waals surface area contributed by atoms with Gasteiger partial charge in [-0.3, -0.25) is 9.69 Å². The number of aromatic nitrogens is 1. The zero-order valence-electron chi connectivity index (χ0n) is 15.3. The largest absolute Gasteiger partial charge is 0.481 e. The van der Waals surface area contributed by atoms with E-state index in [4.69, 9.17) is 4.52 Å². The van der Waals surface area contributed by atoms with Gasteiger partial charge in [0.05, 0.1) is 18.2 Å². The van der Waals surface area contributed by atoms with Gasteiger partial charge >= 0.3 is 5.97 Å². The highest BCUT2D eigenvalue weighted by atomic mass is 19.1. The molecule has 0 amide bonds. The molecule has 0 spiro atoms. The molecule has 0 radical (unpaired) electrons. The number of carboxylic acids is 1. The van der Waals surface area contributed by atoms with E-state index in [-0.39, 0.29) is 11.7 Å². The monoisotopic (exact) mass is 372 g/mol. The minimum atomic E-state index is -0.841. The number of carbonyl (C=O) groups is 1. The van der Waals surface area contributed by atoms with Crippen LogP contribution >= 0.6 is 0 Å². The van der Waals surface area contributed by atoms with E-state index in [0.29, 0.717) is 25.6 Å². The fourth-order valence-electron chi connectivity index (χ4n) is 4.55. The predicted molar refractivity (Wildman–Crippen MR) is 97.9 cm³/mol. The van der Waals surface area contributed by atoms with E-state index in [1.165, 1.54) is 44.2 Å². The van der Waals surface area contributed by atoms with Crippen molar-refractivity contribution in [2.24, 2.45) is 5.92 Å². The molecule has 1 aromatic carbocycles. The van der Waals surface area contributed by atoms with Crippen molar-refractivity contribution in [3.05, 3.63) is 53.2 Å². The number of rotatable bonds is 5. The van der Waals surface area contributed by atoms with Crippen LogP contribution in [0.4, 0.5) is 4.39 Å². The summed E-state index contributed by atoms with van der Waals surface area (Å²) in [5, 5.41) is 13.9. The van der Waals surface area contributed by atoms with Crippen LogP contribution in [0, 0.1) is 11.7 Å². The Morgan fingerprint density at radius 3 is 2.78 bits per heavy atom. The topological polar surface area (TPSA) is 66.6 Å². The highest BCUT2D eigenvalue weighted by Crippen LogP contribution is 2.35. The van der Waals surface area contributed by atoms with E-state index in [1.807, 2.05) is 12.1 Å². The van der Waals surface area contributed by atoms with Crippen LogP contribution in [0.2, 0.25) is 0 Å². The van der Waals surface area contributed by atoms with E-state index in [0.717, 1.165) is 17.0 Å². The van der Waals surface area contributed by atoms with Crippen LogP contribution in [-0.2, 0) is 11.3 Å². The van der Waals surface area contributed by atoms with Crippen molar-refractivity contribution >= 4 is 5.97 Å². The summed E-state index contributed by atoms with van der Waals surface area (Å²) < 4.78 is 19.1. The van der Waals surface area contributed by atoms with Crippen molar-refractivity contribution < 1.29 is 18.8 Å². The quantitative estimate of drug-likeness (QED) is 0.854. The van der Waals surface area contributed by atoms with Crippen molar-refractivity contribution in [2.45, 2.75) is 50.5 Å². The standard InChI is InChI=1S/C21H25FN2O3/c22-16-8-4-7-15(9-16)18-12-24(13-19(18)21(25)26)11-17-10-20(23-27-17)14-5-2-1-3-6-14/h4,7-10,14,18-19H,1-3,5-6,11-13H2,(H,25,26)/t18-,19+/m0/s1. The van der Waals surface area contributed by atoms with Crippen molar-refractivity contribution in [3.8, 4) is 0 Å². The lowest BCUT2D eigenvalue weighted by Gasteiger charge is -2.18. The molecule has 27 heavy (non-hydrogen) atoms. The average molecular weight is 372 g/mol. The molecule has 1 aromatic heterocycles. The minimum absolute atomic E-state index is 0.223. The third-order valence-corrected chi connectivity index (χ3v) is 5.97. The minimum Gasteiger partial charge on any atom is -0.481 e. The Morgan fingerprint density at radius 2 is 2.04 bits per heavy atom. The predicted octanol–water partition coefficient (Wildman–Crippen LogP) is 4.16. The Labute approximate surface area is 158 Å². The van der Waals surface area contributed by atoms with Gasteiger partial charge in [-0.2, -0.15) is 0 Å². The maximum absolute atomic E-state index is 13.6. The Kier molecular flexibility index (Phi) is 5.25. The average Bonchev–Trinajstić information content (AvgIpc) is 3.30. The van der Waals surface area contributed by atoms with Crippen molar-refractivity contribution in [2.75, 3.05) is 13.1 Å². The van der Waals surface area contributed by atoms with Crippen LogP contribution in [-0.4, -0.2) is 34.2 Å². The van der Waals surface area contributed by atoms with Crippen LogP contribution in [0.25, 0.3) is 0 Å². The van der Waals surface area contributed by atoms with Gasteiger partial charge in [-0.1, -0.05) is 36.6 Å². The van der Waals surface area contributed by atoms with E-state index in [2.05, 4.69) is 10.1 Å². The molecular formula is C21H25FN2O3. The van der Waals surface area contributed by atoms with Crippen LogP contribution in [0.15, 0.2) is 34.9 Å². The van der Waals surface area contributed by atoms with Crippen LogP contribution in [0.3, 0.4) is 0 Å². The first kappa shape index (κ1) is 18.2. The molecule has 2 aliphatic rings. The van der Waals surface area contributed by atoms with Gasteiger partial charge in [0.1, 0.15) is 5.82 Å². The maximum Gasteiger partial charge on any atom is 0.308 e. The molecule has 0 unspecified atom stereocenters. The zero-order valence-corrected chi connectivity index (χ0v) is 15.3. The number of hydrogen-bond acceptors (Lipinski definition) is 4. The molecule has 2 atom stereocenters. The summed E-state index contributed by atoms with van der Waals surface area (Å²) in [7, 11) is 0. The molecule has 1 aliphatic carbocycles. The summed E-state index contributed by atoms with van der Waals surface area (Å²) in [4.78, 5) is 13.8. The number of hydrogen-bond donors (Lipinski definition) is 1. The lowest BCUT2D eigenvalue weighted by atomic mass is 9.87. The van der Waals surface area contributed by atoms with Gasteiger partial charge in [0.15, 0.2) is 5.76 Å². The summed E-state index contributed by atoms with van der Waals surface area (Å²) >= 11 is 0. The summed E-state index contributed by atoms with van der Waals surface area (Å²) in [6.07, 6.45) is 6.12. The van der Waals surface area contributed by atoms with Gasteiger partial charge in [0, 0.05) is 31.0 Å². The smallest absolute Gasteiger partial charge is 0.308 e. The normalized spacial score (nSPS) is 24.3. The fourth-order valence-corrected chi connectivity index (χ4v) is 4.55. The van der Waals surface area contributed by atoms with Gasteiger partial charge in [0.25, 0.3) is 0 Å². The second-order valence-corrected chi connectivity index (χ2v) is 7.85. The molecule has 144 valence electrons. The zero-order chi connectivity index (χ0) is 18.8. The van der Waals surface area contributed by atoms with Gasteiger partial charge in [0.2, 0.25) is 0 Å². The molecule has 1 N–H and O–H groups in total. The van der Waals surface area contributed by atoms with E-state index in [9.17, 15) is 14.3 Å². The lowest BCUT2D eigenvalue weighted by Crippen LogP contribution is -2.23. The number of carboxylic acid groups (broad SMARTS) is 1. The molecule has 2 heterocycles. The molecule has 4 rings (SSSR count). The maximum atomic E-state index is 13.6. The summed E-state index contributed by atoms with van der Waals surface area (Å²) in [6, 6.07) is 8.30. The first-order chi connectivity index (χ1) is 13.1. The fraction of sp³-hybridized carbons (Fsp3) is 0.524. The van der Waals surface area contributed by atoms with Gasteiger partial charge in [-0.25, -0.2) is 4.39 Å². The van der Waals surface area contributed by atoms with E-state index in [1.54, 1.807) is 6.07 Å². The van der Waals surface area contributed by atoms with Crippen LogP contribution in [0.1, 0.15) is 61.0 Å². The molecule has 2 fully saturated rings. The Hall–Kier alpha value is -2.21. The first-order valence-electron chi connectivity index (χ1n) is 9.76. The number of nitrogens with zero attached hydrogens (tertiary/aromatic N) is 2. The van der Waals surface area contributed by atoms with E-state index >= 15 is 0 Å². The van der Waals surface area contributed by atoms with Gasteiger partial charge in [-0.05, 0) is 30.5 Å². The Balaban J connectivity index is 1.45. The lowest BCUT2D eigenvalue weighted by molar-refractivity contribution is -0.141. The molecule has 6 heteroatoms. The second-order valence-electron chi connectivity index (χ2n) is 7.85. The molecule has 0 bridgehead atoms. The van der Waals surface area contributed by atoms with Crippen molar-refractivity contribution in [1.29, 1.82) is 0 Å². The highest BCUT2D eigenvalue weighted by molar-refractivity contribution is 5.72. The summed E-state index contributed by atoms with van der Waals surface area (Å²) in [5.74, 6) is -0.678. The van der Waals surface area contributed by atoms with Gasteiger partial charge in [-0.15, -0.1) is 0 Å². The SMILES string of the molecule is O=C(O)[C@@H]1CN(Cc2cc(C3CCCCC3)no2)C[C@H]1c1cccc(F)c1. The highest BCUT2D eigenvalue weighted by Gasteiger charge is 2.39. The number of halogens is 1. The molecule has 1 saturated carbocycles. The molecule has 1 saturated heterocycles.